The molecule has 2 aliphatic rings. The summed E-state index contributed by atoms with van der Waals surface area (Å²) < 4.78 is 10.6. The van der Waals surface area contributed by atoms with Crippen LogP contribution in [0.3, 0.4) is 0 Å². The summed E-state index contributed by atoms with van der Waals surface area (Å²) >= 11 is 0. The maximum absolute atomic E-state index is 14.2. The van der Waals surface area contributed by atoms with Gasteiger partial charge in [-0.15, -0.1) is 0 Å². The Hall–Kier alpha value is -3.65. The Labute approximate surface area is 223 Å². The highest BCUT2D eigenvalue weighted by Crippen LogP contribution is 2.48. The molecule has 2 N–H and O–H groups in total. The van der Waals surface area contributed by atoms with E-state index in [-0.39, 0.29) is 30.9 Å². The highest BCUT2D eigenvalue weighted by molar-refractivity contribution is 6.01. The zero-order valence-corrected chi connectivity index (χ0v) is 22.1. The lowest BCUT2D eigenvalue weighted by atomic mass is 9.69. The number of hydrogen-bond acceptors (Lipinski definition) is 6. The minimum Gasteiger partial charge on any atom is -0.497 e. The molecule has 2 aromatic rings. The number of amides is 2. The molecule has 0 aromatic heterocycles. The van der Waals surface area contributed by atoms with E-state index in [9.17, 15) is 19.5 Å². The van der Waals surface area contributed by atoms with Gasteiger partial charge in [-0.3, -0.25) is 14.4 Å². The lowest BCUT2D eigenvalue weighted by Crippen LogP contribution is -2.46. The number of esters is 1. The van der Waals surface area contributed by atoms with E-state index in [1.807, 2.05) is 49.4 Å². The van der Waals surface area contributed by atoms with Crippen molar-refractivity contribution in [2.75, 3.05) is 25.6 Å². The number of hydrogen-bond donors (Lipinski definition) is 2. The maximum Gasteiger partial charge on any atom is 0.310 e. The van der Waals surface area contributed by atoms with Crippen LogP contribution in [0, 0.1) is 23.7 Å². The van der Waals surface area contributed by atoms with Crippen LogP contribution >= 0.6 is 0 Å². The van der Waals surface area contributed by atoms with Gasteiger partial charge in [-0.1, -0.05) is 55.8 Å². The Balaban J connectivity index is 1.77. The van der Waals surface area contributed by atoms with Crippen LogP contribution < -0.4 is 10.1 Å². The molecule has 8 heteroatoms. The molecule has 38 heavy (non-hydrogen) atoms. The maximum atomic E-state index is 14.2. The minimum atomic E-state index is -0.928. The van der Waals surface area contributed by atoms with Gasteiger partial charge in [0.25, 0.3) is 0 Å². The number of carbonyl (C=O) groups is 3. The van der Waals surface area contributed by atoms with Crippen molar-refractivity contribution in [2.24, 2.45) is 23.7 Å². The molecule has 202 valence electrons. The summed E-state index contributed by atoms with van der Waals surface area (Å²) in [5.41, 5.74) is 1.27. The molecule has 0 spiro atoms. The Morgan fingerprint density at radius 2 is 1.76 bits per heavy atom. The summed E-state index contributed by atoms with van der Waals surface area (Å²) in [5.74, 6) is -2.66. The van der Waals surface area contributed by atoms with Gasteiger partial charge >= 0.3 is 5.97 Å². The van der Waals surface area contributed by atoms with Crippen LogP contribution in [0.15, 0.2) is 66.7 Å². The topological polar surface area (TPSA) is 105 Å². The van der Waals surface area contributed by atoms with E-state index >= 15 is 0 Å². The van der Waals surface area contributed by atoms with Gasteiger partial charge in [0.15, 0.2) is 0 Å². The van der Waals surface area contributed by atoms with E-state index in [2.05, 4.69) is 5.32 Å². The van der Waals surface area contributed by atoms with Crippen molar-refractivity contribution in [1.29, 1.82) is 0 Å². The standard InChI is InChI=1S/C30H36N2O6/c1-4-9-20-12-17-23-26(25(20)30(36)38-5-2)29(35)32(24(18-33)19-10-7-6-8-11-19)27(23)28(34)31-21-13-15-22(37-3)16-14-21/h6-8,10-17,20,23-27,33H,4-5,9,18H2,1-3H3,(H,31,34)/t20-,23+,24-,25-,26+,27+/m1/s1. The number of carbonyl (C=O) groups excluding carboxylic acids is 3. The van der Waals surface area contributed by atoms with Gasteiger partial charge in [0.2, 0.25) is 11.8 Å². The smallest absolute Gasteiger partial charge is 0.310 e. The normalized spacial score (nSPS) is 25.0. The first-order valence-corrected chi connectivity index (χ1v) is 13.2. The van der Waals surface area contributed by atoms with E-state index in [1.54, 1.807) is 38.3 Å². The molecule has 1 aliphatic carbocycles. The zero-order valence-electron chi connectivity index (χ0n) is 22.1. The van der Waals surface area contributed by atoms with Crippen molar-refractivity contribution in [1.82, 2.24) is 4.90 Å². The quantitative estimate of drug-likeness (QED) is 0.363. The number of nitrogens with one attached hydrogen (secondary N) is 1. The number of rotatable bonds is 10. The third kappa shape index (κ3) is 5.31. The number of benzene rings is 2. The van der Waals surface area contributed by atoms with Crippen molar-refractivity contribution < 1.29 is 29.0 Å². The molecule has 1 aliphatic heterocycles. The third-order valence-corrected chi connectivity index (χ3v) is 7.55. The first-order chi connectivity index (χ1) is 18.4. The van der Waals surface area contributed by atoms with E-state index in [0.717, 1.165) is 12.8 Å². The lowest BCUT2D eigenvalue weighted by Gasteiger charge is -2.34. The summed E-state index contributed by atoms with van der Waals surface area (Å²) in [6.07, 6.45) is 5.44. The van der Waals surface area contributed by atoms with E-state index in [1.165, 1.54) is 4.90 Å². The average Bonchev–Trinajstić information content (AvgIpc) is 3.22. The Morgan fingerprint density at radius 1 is 1.05 bits per heavy atom. The third-order valence-electron chi connectivity index (χ3n) is 7.55. The van der Waals surface area contributed by atoms with Crippen molar-refractivity contribution in [2.45, 2.75) is 38.8 Å². The second-order valence-electron chi connectivity index (χ2n) is 9.74. The van der Waals surface area contributed by atoms with Crippen LogP contribution in [0.1, 0.15) is 38.3 Å². The summed E-state index contributed by atoms with van der Waals surface area (Å²) in [6.45, 7) is 3.62. The first-order valence-electron chi connectivity index (χ1n) is 13.2. The van der Waals surface area contributed by atoms with Gasteiger partial charge in [-0.05, 0) is 49.1 Å². The molecular formula is C30H36N2O6. The summed E-state index contributed by atoms with van der Waals surface area (Å²) in [4.78, 5) is 42.8. The van der Waals surface area contributed by atoms with E-state index < -0.39 is 35.8 Å². The van der Waals surface area contributed by atoms with Crippen molar-refractivity contribution in [3.05, 3.63) is 72.3 Å². The highest BCUT2D eigenvalue weighted by Gasteiger charge is 2.59. The van der Waals surface area contributed by atoms with Crippen LogP contribution in [0.4, 0.5) is 5.69 Å². The van der Waals surface area contributed by atoms with Crippen LogP contribution in [0.2, 0.25) is 0 Å². The predicted octanol–water partition coefficient (Wildman–Crippen LogP) is 3.98. The number of ether oxygens (including phenoxy) is 2. The van der Waals surface area contributed by atoms with Gasteiger partial charge in [-0.25, -0.2) is 0 Å². The van der Waals surface area contributed by atoms with Crippen molar-refractivity contribution in [3.63, 3.8) is 0 Å². The molecule has 0 radical (unpaired) electrons. The Morgan fingerprint density at radius 3 is 2.37 bits per heavy atom. The van der Waals surface area contributed by atoms with E-state index in [4.69, 9.17) is 9.47 Å². The molecular weight excluding hydrogens is 484 g/mol. The van der Waals surface area contributed by atoms with Crippen LogP contribution in [0.25, 0.3) is 0 Å². The number of aliphatic hydroxyl groups excluding tert-OH is 1. The number of aliphatic hydroxyl groups is 1. The summed E-state index contributed by atoms with van der Waals surface area (Å²) in [7, 11) is 1.57. The fourth-order valence-electron chi connectivity index (χ4n) is 5.87. The van der Waals surface area contributed by atoms with Crippen molar-refractivity contribution in [3.8, 4) is 5.75 Å². The molecule has 8 nitrogen and oxygen atoms in total. The SMILES string of the molecule is CCC[C@@H]1C=C[C@H]2[C@H](C(=O)N([C@H](CO)c3ccccc3)[C@@H]2C(=O)Nc2ccc(OC)cc2)[C@@H]1C(=O)OCC. The molecule has 1 saturated heterocycles. The fraction of sp³-hybridized carbons (Fsp3) is 0.433. The monoisotopic (exact) mass is 520 g/mol. The number of anilines is 1. The van der Waals surface area contributed by atoms with Crippen LogP contribution in [-0.4, -0.2) is 54.2 Å². The molecule has 0 saturated carbocycles. The molecule has 1 heterocycles. The van der Waals surface area contributed by atoms with Gasteiger partial charge in [0, 0.05) is 11.6 Å². The van der Waals surface area contributed by atoms with Gasteiger partial charge in [0.05, 0.1) is 38.2 Å². The fourth-order valence-corrected chi connectivity index (χ4v) is 5.87. The number of methoxy groups -OCH3 is 1. The molecule has 2 aromatic carbocycles. The molecule has 0 unspecified atom stereocenters. The summed E-state index contributed by atoms with van der Waals surface area (Å²) in [5, 5.41) is 13.4. The second-order valence-corrected chi connectivity index (χ2v) is 9.74. The highest BCUT2D eigenvalue weighted by atomic mass is 16.5. The Bertz CT molecular complexity index is 1150. The van der Waals surface area contributed by atoms with Crippen LogP contribution in [-0.2, 0) is 19.1 Å². The van der Waals surface area contributed by atoms with Gasteiger partial charge in [0.1, 0.15) is 11.8 Å². The predicted molar refractivity (Wildman–Crippen MR) is 143 cm³/mol. The first kappa shape index (κ1) is 27.4. The van der Waals surface area contributed by atoms with Crippen molar-refractivity contribution >= 4 is 23.5 Å². The van der Waals surface area contributed by atoms with E-state index in [0.29, 0.717) is 17.0 Å². The molecule has 2 amide bonds. The molecule has 4 rings (SSSR count). The molecule has 0 bridgehead atoms. The zero-order chi connectivity index (χ0) is 27.2. The number of likely N-dealkylation sites (tertiary alicyclic amines) is 1. The largest absolute Gasteiger partial charge is 0.497 e. The number of nitrogens with zero attached hydrogens (tertiary/aromatic N) is 1. The second kappa shape index (κ2) is 12.3. The van der Waals surface area contributed by atoms with Gasteiger partial charge in [-0.2, -0.15) is 0 Å². The average molecular weight is 521 g/mol. The Kier molecular flexibility index (Phi) is 8.84. The summed E-state index contributed by atoms with van der Waals surface area (Å²) in [6, 6.07) is 14.4. The lowest BCUT2D eigenvalue weighted by molar-refractivity contribution is -0.156. The van der Waals surface area contributed by atoms with Crippen LogP contribution in [0.5, 0.6) is 5.75 Å². The molecule has 1 fully saturated rings. The van der Waals surface area contributed by atoms with Gasteiger partial charge < -0.3 is 24.8 Å². The molecule has 6 atom stereocenters. The number of fused-ring (bicyclic) bond motifs is 1. The number of allylic oxidation sites excluding steroid dienone is 1. The minimum absolute atomic E-state index is 0.168.